The Hall–Kier alpha value is -1.75. The van der Waals surface area contributed by atoms with Crippen LogP contribution in [0.25, 0.3) is 11.3 Å². The van der Waals surface area contributed by atoms with Crippen LogP contribution in [0.5, 0.6) is 0 Å². The van der Waals surface area contributed by atoms with E-state index in [2.05, 4.69) is 33.7 Å². The molecule has 2 heterocycles. The van der Waals surface area contributed by atoms with E-state index < -0.39 is 0 Å². The molecule has 2 aromatic rings. The molecule has 4 nitrogen and oxygen atoms in total. The third-order valence-electron chi connectivity index (χ3n) is 3.05. The van der Waals surface area contributed by atoms with Crippen LogP contribution < -0.4 is 11.1 Å². The van der Waals surface area contributed by atoms with Crippen molar-refractivity contribution in [1.29, 1.82) is 0 Å². The van der Waals surface area contributed by atoms with Crippen molar-refractivity contribution in [2.75, 3.05) is 23.9 Å². The summed E-state index contributed by atoms with van der Waals surface area (Å²) < 4.78 is 0. The molecule has 0 bridgehead atoms. The molecule has 0 radical (unpaired) electrons. The molecule has 18 heavy (non-hydrogen) atoms. The van der Waals surface area contributed by atoms with E-state index in [9.17, 15) is 0 Å². The molecule has 0 unspecified atom stereocenters. The van der Waals surface area contributed by atoms with Gasteiger partial charge in [-0.15, -0.1) is 11.8 Å². The molecule has 0 atom stereocenters. The van der Waals surface area contributed by atoms with Crippen molar-refractivity contribution in [3.8, 4) is 11.3 Å². The fourth-order valence-electron chi connectivity index (χ4n) is 2.25. The number of anilines is 2. The average Bonchev–Trinajstić information content (AvgIpc) is 2.85. The first kappa shape index (κ1) is 11.3. The highest BCUT2D eigenvalue weighted by molar-refractivity contribution is 7.98. The zero-order valence-electron chi connectivity index (χ0n) is 10.1. The number of benzene rings is 1. The number of fused-ring (bicyclic) bond motifs is 1. The van der Waals surface area contributed by atoms with Gasteiger partial charge in [0.1, 0.15) is 5.82 Å². The van der Waals surface area contributed by atoms with E-state index in [4.69, 9.17) is 5.73 Å². The van der Waals surface area contributed by atoms with Gasteiger partial charge in [-0.25, -0.2) is 4.98 Å². The molecule has 0 saturated carbocycles. The van der Waals surface area contributed by atoms with Gasteiger partial charge in [0, 0.05) is 22.6 Å². The maximum atomic E-state index is 5.79. The number of nitrogen functional groups attached to an aromatic ring is 1. The van der Waals surface area contributed by atoms with Crippen LogP contribution in [0.15, 0.2) is 29.2 Å². The summed E-state index contributed by atoms with van der Waals surface area (Å²) >= 11 is 1.72. The average molecular weight is 258 g/mol. The molecule has 0 fully saturated rings. The fourth-order valence-corrected chi connectivity index (χ4v) is 2.85. The first-order valence-electron chi connectivity index (χ1n) is 5.83. The lowest BCUT2D eigenvalue weighted by molar-refractivity contribution is 1.09. The van der Waals surface area contributed by atoms with Gasteiger partial charge in [-0.3, -0.25) is 0 Å². The molecule has 3 rings (SSSR count). The van der Waals surface area contributed by atoms with Crippen molar-refractivity contribution in [2.24, 2.45) is 0 Å². The third kappa shape index (κ3) is 1.80. The van der Waals surface area contributed by atoms with Crippen LogP contribution in [0.1, 0.15) is 5.56 Å². The number of hydrogen-bond acceptors (Lipinski definition) is 5. The predicted molar refractivity (Wildman–Crippen MR) is 75.9 cm³/mol. The van der Waals surface area contributed by atoms with E-state index in [1.807, 2.05) is 12.1 Å². The summed E-state index contributed by atoms with van der Waals surface area (Å²) in [5.74, 6) is 1.21. The Morgan fingerprint density at radius 1 is 1.28 bits per heavy atom. The largest absolute Gasteiger partial charge is 0.369 e. The molecular weight excluding hydrogens is 244 g/mol. The van der Waals surface area contributed by atoms with Crippen LogP contribution in [0.4, 0.5) is 11.8 Å². The van der Waals surface area contributed by atoms with Crippen molar-refractivity contribution in [3.63, 3.8) is 0 Å². The summed E-state index contributed by atoms with van der Waals surface area (Å²) in [7, 11) is 0. The van der Waals surface area contributed by atoms with Crippen LogP contribution in [0, 0.1) is 0 Å². The second-order valence-electron chi connectivity index (χ2n) is 4.13. The van der Waals surface area contributed by atoms with Crippen LogP contribution in [0.3, 0.4) is 0 Å². The maximum Gasteiger partial charge on any atom is 0.222 e. The Morgan fingerprint density at radius 3 is 2.94 bits per heavy atom. The predicted octanol–water partition coefficient (Wildman–Crippen LogP) is 2.42. The van der Waals surface area contributed by atoms with Crippen LogP contribution >= 0.6 is 11.8 Å². The molecule has 3 N–H and O–H groups in total. The highest BCUT2D eigenvalue weighted by Crippen LogP contribution is 2.35. The smallest absolute Gasteiger partial charge is 0.222 e. The van der Waals surface area contributed by atoms with E-state index in [1.54, 1.807) is 11.8 Å². The Morgan fingerprint density at radius 2 is 2.11 bits per heavy atom. The third-order valence-corrected chi connectivity index (χ3v) is 3.85. The first-order valence-corrected chi connectivity index (χ1v) is 7.05. The van der Waals surface area contributed by atoms with Crippen LogP contribution in [-0.2, 0) is 6.42 Å². The van der Waals surface area contributed by atoms with Gasteiger partial charge in [0.25, 0.3) is 0 Å². The molecule has 1 aliphatic rings. The SMILES string of the molecule is CSc1ccccc1-c1nc(N)nc2c1CCN2. The molecule has 0 saturated heterocycles. The number of nitrogens with one attached hydrogen (secondary N) is 1. The van der Waals surface area contributed by atoms with Crippen molar-refractivity contribution < 1.29 is 0 Å². The lowest BCUT2D eigenvalue weighted by Gasteiger charge is -2.10. The van der Waals surface area contributed by atoms with E-state index in [0.717, 1.165) is 30.0 Å². The first-order chi connectivity index (χ1) is 8.79. The quantitative estimate of drug-likeness (QED) is 0.810. The number of thioether (sulfide) groups is 1. The minimum atomic E-state index is 0.328. The van der Waals surface area contributed by atoms with E-state index in [-0.39, 0.29) is 0 Å². The van der Waals surface area contributed by atoms with Gasteiger partial charge >= 0.3 is 0 Å². The monoisotopic (exact) mass is 258 g/mol. The summed E-state index contributed by atoms with van der Waals surface area (Å²) in [6.07, 6.45) is 3.02. The lowest BCUT2D eigenvalue weighted by Crippen LogP contribution is -2.01. The van der Waals surface area contributed by atoms with Gasteiger partial charge in [0.2, 0.25) is 5.95 Å². The molecule has 0 aliphatic carbocycles. The second-order valence-corrected chi connectivity index (χ2v) is 4.98. The zero-order valence-corrected chi connectivity index (χ0v) is 10.9. The topological polar surface area (TPSA) is 63.8 Å². The Balaban J connectivity index is 2.23. The molecule has 92 valence electrons. The van der Waals surface area contributed by atoms with Gasteiger partial charge < -0.3 is 11.1 Å². The van der Waals surface area contributed by atoms with E-state index in [0.29, 0.717) is 5.95 Å². The summed E-state index contributed by atoms with van der Waals surface area (Å²) in [5, 5.41) is 3.25. The number of rotatable bonds is 2. The van der Waals surface area contributed by atoms with Crippen molar-refractivity contribution in [2.45, 2.75) is 11.3 Å². The zero-order chi connectivity index (χ0) is 12.5. The van der Waals surface area contributed by atoms with E-state index >= 15 is 0 Å². The molecule has 1 aromatic heterocycles. The normalized spacial score (nSPS) is 13.2. The number of hydrogen-bond donors (Lipinski definition) is 2. The second kappa shape index (κ2) is 4.49. The molecule has 0 spiro atoms. The number of aromatic nitrogens is 2. The van der Waals surface area contributed by atoms with Crippen molar-refractivity contribution in [1.82, 2.24) is 9.97 Å². The highest BCUT2D eigenvalue weighted by Gasteiger charge is 2.20. The molecule has 1 aliphatic heterocycles. The Bertz CT molecular complexity index is 598. The fraction of sp³-hybridized carbons (Fsp3) is 0.231. The van der Waals surface area contributed by atoms with Crippen LogP contribution in [-0.4, -0.2) is 22.8 Å². The van der Waals surface area contributed by atoms with Gasteiger partial charge in [0.15, 0.2) is 0 Å². The van der Waals surface area contributed by atoms with Crippen LogP contribution in [0.2, 0.25) is 0 Å². The van der Waals surface area contributed by atoms with Gasteiger partial charge in [0.05, 0.1) is 5.69 Å². The molecule has 0 amide bonds. The standard InChI is InChI=1S/C13H14N4S/c1-18-10-5-3-2-4-8(10)11-9-6-7-15-12(9)17-13(14)16-11/h2-5H,6-7H2,1H3,(H3,14,15,16,17). The van der Waals surface area contributed by atoms with Crippen molar-refractivity contribution >= 4 is 23.5 Å². The minimum Gasteiger partial charge on any atom is -0.369 e. The van der Waals surface area contributed by atoms with E-state index in [1.165, 1.54) is 10.5 Å². The maximum absolute atomic E-state index is 5.79. The number of nitrogens with zero attached hydrogens (tertiary/aromatic N) is 2. The molecular formula is C13H14N4S. The molecule has 1 aromatic carbocycles. The van der Waals surface area contributed by atoms with Gasteiger partial charge in [-0.05, 0) is 18.7 Å². The molecule has 5 heteroatoms. The summed E-state index contributed by atoms with van der Waals surface area (Å²) in [6, 6.07) is 8.26. The summed E-state index contributed by atoms with van der Waals surface area (Å²) in [4.78, 5) is 9.89. The Kier molecular flexibility index (Phi) is 2.83. The lowest BCUT2D eigenvalue weighted by atomic mass is 10.1. The van der Waals surface area contributed by atoms with Gasteiger partial charge in [-0.1, -0.05) is 18.2 Å². The minimum absolute atomic E-state index is 0.328. The highest BCUT2D eigenvalue weighted by atomic mass is 32.2. The van der Waals surface area contributed by atoms with Gasteiger partial charge in [-0.2, -0.15) is 4.98 Å². The summed E-state index contributed by atoms with van der Waals surface area (Å²) in [6.45, 7) is 0.905. The Labute approximate surface area is 110 Å². The number of nitrogens with two attached hydrogens (primary N) is 1. The summed E-state index contributed by atoms with van der Waals surface area (Å²) in [5.41, 5.74) is 9.07. The van der Waals surface area contributed by atoms with Crippen molar-refractivity contribution in [3.05, 3.63) is 29.8 Å².